The van der Waals surface area contributed by atoms with Crippen LogP contribution in [0.4, 0.5) is 0 Å². The summed E-state index contributed by atoms with van der Waals surface area (Å²) in [5.41, 5.74) is 1.74. The zero-order chi connectivity index (χ0) is 19.2. The van der Waals surface area contributed by atoms with Crippen molar-refractivity contribution in [3.63, 3.8) is 0 Å². The van der Waals surface area contributed by atoms with Gasteiger partial charge in [-0.25, -0.2) is 4.79 Å². The molecule has 3 rings (SSSR count). The molecular weight excluding hydrogens is 362 g/mol. The summed E-state index contributed by atoms with van der Waals surface area (Å²) in [7, 11) is 1.31. The topological polar surface area (TPSA) is 55.4 Å². The number of nitrogens with one attached hydrogen (secondary N) is 1. The number of hydrogen-bond acceptors (Lipinski definition) is 3. The van der Waals surface area contributed by atoms with Crippen LogP contribution in [0.3, 0.4) is 0 Å². The van der Waals surface area contributed by atoms with E-state index in [1.807, 2.05) is 54.6 Å². The summed E-state index contributed by atoms with van der Waals surface area (Å²) in [6.45, 7) is 0. The molecule has 138 valence electrons. The molecule has 0 saturated heterocycles. The maximum Gasteiger partial charge on any atom is 0.328 e. The van der Waals surface area contributed by atoms with Crippen LogP contribution >= 0.6 is 11.6 Å². The molecule has 0 saturated carbocycles. The normalized spacial score (nSPS) is 11.8. The van der Waals surface area contributed by atoms with E-state index in [9.17, 15) is 9.59 Å². The quantitative estimate of drug-likeness (QED) is 0.658. The molecule has 3 aromatic rings. The number of amides is 1. The fourth-order valence-electron chi connectivity index (χ4n) is 3.01. The van der Waals surface area contributed by atoms with Crippen LogP contribution in [0.1, 0.15) is 11.1 Å². The molecule has 0 aromatic heterocycles. The van der Waals surface area contributed by atoms with E-state index in [0.717, 1.165) is 21.9 Å². The van der Waals surface area contributed by atoms with E-state index < -0.39 is 12.0 Å². The minimum absolute atomic E-state index is 0.188. The molecule has 0 heterocycles. The van der Waals surface area contributed by atoms with Crippen molar-refractivity contribution >= 4 is 34.2 Å². The first kappa shape index (κ1) is 18.9. The van der Waals surface area contributed by atoms with Crippen LogP contribution < -0.4 is 5.32 Å². The predicted octanol–water partition coefficient (Wildman–Crippen LogP) is 3.94. The highest BCUT2D eigenvalue weighted by Gasteiger charge is 2.22. The van der Waals surface area contributed by atoms with Crippen LogP contribution in [0.15, 0.2) is 66.7 Å². The number of carbonyl (C=O) groups excluding carboxylic acids is 2. The Hall–Kier alpha value is -2.85. The molecule has 27 heavy (non-hydrogen) atoms. The average Bonchev–Trinajstić information content (AvgIpc) is 2.66. The molecule has 1 atom stereocenters. The molecule has 1 amide bonds. The highest BCUT2D eigenvalue weighted by molar-refractivity contribution is 6.30. The maximum atomic E-state index is 12.5. The fraction of sp³-hybridized carbons (Fsp3) is 0.182. The highest BCUT2D eigenvalue weighted by atomic mass is 35.5. The minimum atomic E-state index is -0.763. The van der Waals surface area contributed by atoms with Crippen molar-refractivity contribution in [3.05, 3.63) is 82.9 Å². The molecule has 0 fully saturated rings. The standard InChI is InChI=1S/C22H20ClNO3/c1-27-22(26)20(13-15-5-4-8-19(23)12-15)24-21(25)14-16-9-10-17-6-2-3-7-18(17)11-16/h2-12,20H,13-14H2,1H3,(H,24,25)/t20-/m0/s1. The Morgan fingerprint density at radius 3 is 2.48 bits per heavy atom. The van der Waals surface area contributed by atoms with E-state index in [0.29, 0.717) is 11.4 Å². The third-order valence-electron chi connectivity index (χ3n) is 4.33. The van der Waals surface area contributed by atoms with Crippen molar-refractivity contribution in [1.82, 2.24) is 5.32 Å². The number of fused-ring (bicyclic) bond motifs is 1. The van der Waals surface area contributed by atoms with Gasteiger partial charge >= 0.3 is 5.97 Å². The van der Waals surface area contributed by atoms with Crippen molar-refractivity contribution in [3.8, 4) is 0 Å². The monoisotopic (exact) mass is 381 g/mol. The van der Waals surface area contributed by atoms with Gasteiger partial charge in [-0.05, 0) is 34.0 Å². The van der Waals surface area contributed by atoms with Crippen molar-refractivity contribution in [2.24, 2.45) is 0 Å². The third kappa shape index (κ3) is 5.08. The Kier molecular flexibility index (Phi) is 6.09. The second kappa shape index (κ2) is 8.69. The van der Waals surface area contributed by atoms with Gasteiger partial charge in [-0.1, -0.05) is 66.2 Å². The van der Waals surface area contributed by atoms with Crippen molar-refractivity contribution in [2.75, 3.05) is 7.11 Å². The van der Waals surface area contributed by atoms with E-state index in [1.54, 1.807) is 12.1 Å². The molecule has 5 heteroatoms. The Labute approximate surface area is 163 Å². The first-order chi connectivity index (χ1) is 13.0. The SMILES string of the molecule is COC(=O)[C@H](Cc1cccc(Cl)c1)NC(=O)Cc1ccc2ccccc2c1. The number of rotatable bonds is 6. The lowest BCUT2D eigenvalue weighted by molar-refractivity contribution is -0.145. The van der Waals surface area contributed by atoms with Gasteiger partial charge in [0.2, 0.25) is 5.91 Å². The van der Waals surface area contributed by atoms with Crippen LogP contribution in [-0.4, -0.2) is 25.0 Å². The number of hydrogen-bond donors (Lipinski definition) is 1. The molecule has 4 nitrogen and oxygen atoms in total. The van der Waals surface area contributed by atoms with Crippen molar-refractivity contribution in [2.45, 2.75) is 18.9 Å². The zero-order valence-electron chi connectivity index (χ0n) is 14.9. The van der Waals surface area contributed by atoms with E-state index in [-0.39, 0.29) is 12.3 Å². The van der Waals surface area contributed by atoms with Crippen LogP contribution in [0.2, 0.25) is 5.02 Å². The lowest BCUT2D eigenvalue weighted by atomic mass is 10.0. The summed E-state index contributed by atoms with van der Waals surface area (Å²) in [5.74, 6) is -0.718. The zero-order valence-corrected chi connectivity index (χ0v) is 15.7. The predicted molar refractivity (Wildman–Crippen MR) is 107 cm³/mol. The smallest absolute Gasteiger partial charge is 0.328 e. The summed E-state index contributed by atoms with van der Waals surface area (Å²) in [6, 6.07) is 20.3. The first-order valence-corrected chi connectivity index (χ1v) is 9.02. The van der Waals surface area contributed by atoms with Gasteiger partial charge in [-0.2, -0.15) is 0 Å². The summed E-state index contributed by atoms with van der Waals surface area (Å²) in [6.07, 6.45) is 0.505. The number of benzene rings is 3. The van der Waals surface area contributed by atoms with E-state index in [2.05, 4.69) is 5.32 Å². The van der Waals surface area contributed by atoms with Crippen LogP contribution in [0, 0.1) is 0 Å². The largest absolute Gasteiger partial charge is 0.467 e. The molecule has 0 aliphatic carbocycles. The summed E-state index contributed by atoms with van der Waals surface area (Å²) in [4.78, 5) is 24.6. The van der Waals surface area contributed by atoms with Crippen LogP contribution in [0.5, 0.6) is 0 Å². The Bertz CT molecular complexity index is 970. The number of esters is 1. The lowest BCUT2D eigenvalue weighted by Gasteiger charge is -2.17. The summed E-state index contributed by atoms with van der Waals surface area (Å²) >= 11 is 6.00. The van der Waals surface area contributed by atoms with Gasteiger partial charge in [0, 0.05) is 11.4 Å². The summed E-state index contributed by atoms with van der Waals surface area (Å²) < 4.78 is 4.84. The van der Waals surface area contributed by atoms with Crippen LogP contribution in [-0.2, 0) is 27.2 Å². The molecule has 0 unspecified atom stereocenters. The number of methoxy groups -OCH3 is 1. The summed E-state index contributed by atoms with van der Waals surface area (Å²) in [5, 5.41) is 5.55. The minimum Gasteiger partial charge on any atom is -0.467 e. The van der Waals surface area contributed by atoms with Gasteiger partial charge in [0.15, 0.2) is 0 Å². The van der Waals surface area contributed by atoms with Gasteiger partial charge in [0.05, 0.1) is 13.5 Å². The van der Waals surface area contributed by atoms with Gasteiger partial charge < -0.3 is 10.1 Å². The van der Waals surface area contributed by atoms with Gasteiger partial charge in [0.25, 0.3) is 0 Å². The highest BCUT2D eigenvalue weighted by Crippen LogP contribution is 2.16. The number of ether oxygens (including phenoxy) is 1. The first-order valence-electron chi connectivity index (χ1n) is 8.64. The van der Waals surface area contributed by atoms with E-state index >= 15 is 0 Å². The third-order valence-corrected chi connectivity index (χ3v) is 4.56. The van der Waals surface area contributed by atoms with Gasteiger partial charge in [0.1, 0.15) is 6.04 Å². The molecule has 0 aliphatic heterocycles. The Morgan fingerprint density at radius 2 is 1.74 bits per heavy atom. The van der Waals surface area contributed by atoms with Gasteiger partial charge in [-0.3, -0.25) is 4.79 Å². The second-order valence-corrected chi connectivity index (χ2v) is 6.77. The maximum absolute atomic E-state index is 12.5. The van der Waals surface area contributed by atoms with Crippen molar-refractivity contribution in [1.29, 1.82) is 0 Å². The Balaban J connectivity index is 1.70. The molecule has 3 aromatic carbocycles. The van der Waals surface area contributed by atoms with E-state index in [4.69, 9.17) is 16.3 Å². The molecule has 1 N–H and O–H groups in total. The van der Waals surface area contributed by atoms with Crippen molar-refractivity contribution < 1.29 is 14.3 Å². The second-order valence-electron chi connectivity index (χ2n) is 6.34. The molecular formula is C22H20ClNO3. The fourth-order valence-corrected chi connectivity index (χ4v) is 3.23. The average molecular weight is 382 g/mol. The van der Waals surface area contributed by atoms with Crippen LogP contribution in [0.25, 0.3) is 10.8 Å². The molecule has 0 radical (unpaired) electrons. The molecule has 0 bridgehead atoms. The molecule has 0 spiro atoms. The molecule has 0 aliphatic rings. The lowest BCUT2D eigenvalue weighted by Crippen LogP contribution is -2.43. The van der Waals surface area contributed by atoms with Gasteiger partial charge in [-0.15, -0.1) is 0 Å². The number of halogens is 1. The number of carbonyl (C=O) groups is 2. The van der Waals surface area contributed by atoms with E-state index in [1.165, 1.54) is 7.11 Å². The Morgan fingerprint density at radius 1 is 0.963 bits per heavy atom.